The summed E-state index contributed by atoms with van der Waals surface area (Å²) in [6, 6.07) is 14.8. The number of thiocarbonyl (C=S) groups is 1. The molecule has 2 N–H and O–H groups in total. The predicted octanol–water partition coefficient (Wildman–Crippen LogP) is 4.10. The maximum atomic E-state index is 11.0. The molecule has 0 amide bonds. The van der Waals surface area contributed by atoms with Crippen molar-refractivity contribution in [2.24, 2.45) is 0 Å². The standard InChI is InChI=1S/C20H26N2O2S/c1-15(17-12-8-10-16-9-5-6-11-18(16)17)22-20(25)21-14-7-3-4-13-19(23)24-2/h5-6,8-12,15H,3-4,7,13-14H2,1-2H3,(H2,21,22,25)/t15-/m0/s1. The molecule has 0 fully saturated rings. The first kappa shape index (κ1) is 19.2. The molecule has 0 heterocycles. The molecule has 0 aromatic heterocycles. The summed E-state index contributed by atoms with van der Waals surface area (Å²) in [6.45, 7) is 2.92. The molecule has 0 aliphatic carbocycles. The van der Waals surface area contributed by atoms with Crippen LogP contribution in [-0.4, -0.2) is 24.7 Å². The summed E-state index contributed by atoms with van der Waals surface area (Å²) in [5.41, 5.74) is 1.24. The van der Waals surface area contributed by atoms with Gasteiger partial charge in [-0.2, -0.15) is 0 Å². The average Bonchev–Trinajstić information content (AvgIpc) is 2.63. The van der Waals surface area contributed by atoms with Crippen molar-refractivity contribution in [1.82, 2.24) is 10.6 Å². The summed E-state index contributed by atoms with van der Waals surface area (Å²) in [4.78, 5) is 11.0. The third-order valence-corrected chi connectivity index (χ3v) is 4.47. The Balaban J connectivity index is 1.75. The molecular formula is C20H26N2O2S. The van der Waals surface area contributed by atoms with Crippen LogP contribution < -0.4 is 10.6 Å². The second-order valence-electron chi connectivity index (χ2n) is 6.08. The first-order valence-electron chi connectivity index (χ1n) is 8.70. The fraction of sp³-hybridized carbons (Fsp3) is 0.400. The summed E-state index contributed by atoms with van der Waals surface area (Å²) in [6.07, 6.45) is 3.28. The van der Waals surface area contributed by atoms with Gasteiger partial charge in [-0.25, -0.2) is 0 Å². The molecule has 2 rings (SSSR count). The van der Waals surface area contributed by atoms with Crippen molar-refractivity contribution < 1.29 is 9.53 Å². The maximum absolute atomic E-state index is 11.0. The van der Waals surface area contributed by atoms with E-state index in [1.165, 1.54) is 23.4 Å². The molecule has 0 radical (unpaired) electrons. The number of nitrogens with one attached hydrogen (secondary N) is 2. The monoisotopic (exact) mass is 358 g/mol. The van der Waals surface area contributed by atoms with E-state index < -0.39 is 0 Å². The number of hydrogen-bond donors (Lipinski definition) is 2. The van der Waals surface area contributed by atoms with E-state index in [0.29, 0.717) is 11.5 Å². The molecule has 0 aliphatic rings. The van der Waals surface area contributed by atoms with Gasteiger partial charge >= 0.3 is 5.97 Å². The Hall–Kier alpha value is -2.14. The van der Waals surface area contributed by atoms with Gasteiger partial charge in [0.1, 0.15) is 0 Å². The van der Waals surface area contributed by atoms with Gasteiger partial charge in [0.2, 0.25) is 0 Å². The zero-order chi connectivity index (χ0) is 18.1. The van der Waals surface area contributed by atoms with E-state index in [9.17, 15) is 4.79 Å². The molecule has 0 unspecified atom stereocenters. The van der Waals surface area contributed by atoms with Gasteiger partial charge in [0.25, 0.3) is 0 Å². The minimum Gasteiger partial charge on any atom is -0.469 e. The van der Waals surface area contributed by atoms with E-state index in [1.807, 2.05) is 0 Å². The maximum Gasteiger partial charge on any atom is 0.305 e. The number of hydrogen-bond acceptors (Lipinski definition) is 3. The highest BCUT2D eigenvalue weighted by Crippen LogP contribution is 2.23. The normalized spacial score (nSPS) is 11.8. The number of benzene rings is 2. The van der Waals surface area contributed by atoms with Crippen LogP contribution in [0.5, 0.6) is 0 Å². The lowest BCUT2D eigenvalue weighted by Gasteiger charge is -2.19. The SMILES string of the molecule is COC(=O)CCCCCNC(=S)N[C@@H](C)c1cccc2ccccc12. The van der Waals surface area contributed by atoms with Gasteiger partial charge in [-0.05, 0) is 48.3 Å². The first-order chi connectivity index (χ1) is 12.1. The van der Waals surface area contributed by atoms with E-state index in [4.69, 9.17) is 12.2 Å². The molecule has 0 saturated carbocycles. The lowest BCUT2D eigenvalue weighted by atomic mass is 10.00. The number of unbranched alkanes of at least 4 members (excludes halogenated alkanes) is 2. The van der Waals surface area contributed by atoms with E-state index in [1.54, 1.807) is 0 Å². The Kier molecular flexibility index (Phi) is 7.67. The average molecular weight is 359 g/mol. The number of rotatable bonds is 8. The minimum atomic E-state index is -0.144. The highest BCUT2D eigenvalue weighted by Gasteiger charge is 2.10. The number of ether oxygens (including phenoxy) is 1. The third kappa shape index (κ3) is 6.02. The molecule has 0 spiro atoms. The molecule has 0 bridgehead atoms. The molecule has 0 aliphatic heterocycles. The van der Waals surface area contributed by atoms with Crippen LogP contribution in [0, 0.1) is 0 Å². The summed E-state index contributed by atoms with van der Waals surface area (Å²) in [7, 11) is 1.42. The Morgan fingerprint density at radius 2 is 1.88 bits per heavy atom. The largest absolute Gasteiger partial charge is 0.469 e. The summed E-state index contributed by atoms with van der Waals surface area (Å²) in [5.74, 6) is -0.144. The van der Waals surface area contributed by atoms with Crippen LogP contribution in [0.4, 0.5) is 0 Å². The van der Waals surface area contributed by atoms with Gasteiger partial charge in [0, 0.05) is 13.0 Å². The van der Waals surface area contributed by atoms with E-state index in [0.717, 1.165) is 25.8 Å². The zero-order valence-electron chi connectivity index (χ0n) is 14.9. The minimum absolute atomic E-state index is 0.130. The first-order valence-corrected chi connectivity index (χ1v) is 9.11. The van der Waals surface area contributed by atoms with Crippen molar-refractivity contribution in [3.05, 3.63) is 48.0 Å². The summed E-state index contributed by atoms with van der Waals surface area (Å²) < 4.78 is 4.63. The lowest BCUT2D eigenvalue weighted by Crippen LogP contribution is -2.37. The van der Waals surface area contributed by atoms with Crippen molar-refractivity contribution in [2.75, 3.05) is 13.7 Å². The quantitative estimate of drug-likeness (QED) is 0.423. The van der Waals surface area contributed by atoms with Crippen LogP contribution in [0.25, 0.3) is 10.8 Å². The van der Waals surface area contributed by atoms with Gasteiger partial charge in [0.15, 0.2) is 5.11 Å². The van der Waals surface area contributed by atoms with Gasteiger partial charge < -0.3 is 15.4 Å². The Labute approximate surface area is 154 Å². The van der Waals surface area contributed by atoms with Crippen molar-refractivity contribution in [2.45, 2.75) is 38.6 Å². The number of carbonyl (C=O) groups is 1. The number of methoxy groups -OCH3 is 1. The summed E-state index contributed by atoms with van der Waals surface area (Å²) in [5, 5.41) is 9.73. The van der Waals surface area contributed by atoms with Gasteiger partial charge in [0.05, 0.1) is 13.2 Å². The van der Waals surface area contributed by atoms with Gasteiger partial charge in [-0.15, -0.1) is 0 Å². The van der Waals surface area contributed by atoms with Gasteiger partial charge in [-0.3, -0.25) is 4.79 Å². The van der Waals surface area contributed by atoms with Crippen molar-refractivity contribution in [3.63, 3.8) is 0 Å². The Bertz CT molecular complexity index is 712. The summed E-state index contributed by atoms with van der Waals surface area (Å²) >= 11 is 5.39. The van der Waals surface area contributed by atoms with Crippen LogP contribution in [-0.2, 0) is 9.53 Å². The van der Waals surface area contributed by atoms with Crippen LogP contribution >= 0.6 is 12.2 Å². The van der Waals surface area contributed by atoms with Gasteiger partial charge in [-0.1, -0.05) is 48.9 Å². The van der Waals surface area contributed by atoms with Crippen molar-refractivity contribution in [3.8, 4) is 0 Å². The molecule has 1 atom stereocenters. The van der Waals surface area contributed by atoms with Crippen LogP contribution in [0.2, 0.25) is 0 Å². The van der Waals surface area contributed by atoms with E-state index in [2.05, 4.69) is 64.8 Å². The zero-order valence-corrected chi connectivity index (χ0v) is 15.7. The molecule has 25 heavy (non-hydrogen) atoms. The fourth-order valence-corrected chi connectivity index (χ4v) is 3.11. The highest BCUT2D eigenvalue weighted by molar-refractivity contribution is 7.80. The second-order valence-corrected chi connectivity index (χ2v) is 6.49. The lowest BCUT2D eigenvalue weighted by molar-refractivity contribution is -0.140. The van der Waals surface area contributed by atoms with Crippen molar-refractivity contribution >= 4 is 34.1 Å². The Morgan fingerprint density at radius 3 is 2.68 bits per heavy atom. The molecule has 2 aromatic rings. The second kappa shape index (κ2) is 9.99. The Morgan fingerprint density at radius 1 is 1.12 bits per heavy atom. The molecular weight excluding hydrogens is 332 g/mol. The third-order valence-electron chi connectivity index (χ3n) is 4.21. The van der Waals surface area contributed by atoms with Crippen molar-refractivity contribution in [1.29, 1.82) is 0 Å². The molecule has 134 valence electrons. The van der Waals surface area contributed by atoms with Crippen LogP contribution in [0.15, 0.2) is 42.5 Å². The molecule has 4 nitrogen and oxygen atoms in total. The van der Waals surface area contributed by atoms with Crippen LogP contribution in [0.3, 0.4) is 0 Å². The van der Waals surface area contributed by atoms with E-state index in [-0.39, 0.29) is 12.0 Å². The number of carbonyl (C=O) groups excluding carboxylic acids is 1. The topological polar surface area (TPSA) is 50.4 Å². The number of esters is 1. The smallest absolute Gasteiger partial charge is 0.305 e. The molecule has 0 saturated heterocycles. The van der Waals surface area contributed by atoms with Crippen LogP contribution in [0.1, 0.15) is 44.2 Å². The highest BCUT2D eigenvalue weighted by atomic mass is 32.1. The molecule has 5 heteroatoms. The molecule has 2 aromatic carbocycles. The van der Waals surface area contributed by atoms with E-state index >= 15 is 0 Å². The predicted molar refractivity (Wildman–Crippen MR) is 107 cm³/mol. The fourth-order valence-electron chi connectivity index (χ4n) is 2.83. The number of fused-ring (bicyclic) bond motifs is 1.